The zero-order valence-electron chi connectivity index (χ0n) is 6.18. The molecule has 0 atom stereocenters. The van der Waals surface area contributed by atoms with Crippen molar-refractivity contribution < 1.29 is 4.39 Å². The number of hydrogen-bond acceptors (Lipinski definition) is 0. The van der Waals surface area contributed by atoms with Crippen LogP contribution in [0.1, 0.15) is 12.0 Å². The molecule has 1 aliphatic heterocycles. The molecule has 0 spiro atoms. The molecule has 0 aromatic heterocycles. The fraction of sp³-hybridized carbons (Fsp3) is 0.333. The van der Waals surface area contributed by atoms with Crippen molar-refractivity contribution >= 4 is 5.69 Å². The smallest absolute Gasteiger partial charge is 0.125 e. The van der Waals surface area contributed by atoms with Crippen LogP contribution in [0.5, 0.6) is 0 Å². The first kappa shape index (κ1) is 6.65. The fourth-order valence-corrected chi connectivity index (χ4v) is 1.36. The van der Waals surface area contributed by atoms with E-state index in [4.69, 9.17) is 0 Å². The fourth-order valence-electron chi connectivity index (χ4n) is 1.36. The summed E-state index contributed by atoms with van der Waals surface area (Å²) in [7, 11) is 0. The molecule has 11 heavy (non-hydrogen) atoms. The van der Waals surface area contributed by atoms with E-state index in [1.165, 1.54) is 17.7 Å². The second-order valence-corrected chi connectivity index (χ2v) is 2.76. The molecule has 0 saturated carbocycles. The minimum absolute atomic E-state index is 0.186. The molecule has 1 heterocycles. The summed E-state index contributed by atoms with van der Waals surface area (Å²) >= 11 is 0. The third kappa shape index (κ3) is 1.20. The van der Waals surface area contributed by atoms with Crippen molar-refractivity contribution in [1.29, 1.82) is 0 Å². The summed E-state index contributed by atoms with van der Waals surface area (Å²) in [6, 6.07) is 4.83. The van der Waals surface area contributed by atoms with Gasteiger partial charge in [-0.05, 0) is 30.5 Å². The molecule has 2 heteroatoms. The lowest BCUT2D eigenvalue weighted by Gasteiger charge is -2.14. The number of nitrogens with zero attached hydrogens (tertiary/aromatic N) is 1. The highest BCUT2D eigenvalue weighted by molar-refractivity contribution is 5.46. The summed E-state index contributed by atoms with van der Waals surface area (Å²) in [4.78, 5) is 0. The van der Waals surface area contributed by atoms with Gasteiger partial charge < -0.3 is 0 Å². The van der Waals surface area contributed by atoms with Crippen molar-refractivity contribution in [2.75, 3.05) is 6.54 Å². The first-order valence-electron chi connectivity index (χ1n) is 3.82. The van der Waals surface area contributed by atoms with Crippen LogP contribution in [0.15, 0.2) is 18.2 Å². The average Bonchev–Trinajstić information content (AvgIpc) is 2.04. The van der Waals surface area contributed by atoms with E-state index in [0.717, 1.165) is 25.1 Å². The maximum Gasteiger partial charge on any atom is 0.125 e. The summed E-state index contributed by atoms with van der Waals surface area (Å²) in [5, 5.41) is 4.21. The largest absolute Gasteiger partial charge is 0.285 e. The zero-order valence-corrected chi connectivity index (χ0v) is 6.18. The Labute approximate surface area is 65.2 Å². The molecule has 1 radical (unpaired) electrons. The van der Waals surface area contributed by atoms with Crippen LogP contribution in [0, 0.1) is 5.82 Å². The normalized spacial score (nSPS) is 15.4. The molecule has 2 rings (SSSR count). The number of halogens is 1. The van der Waals surface area contributed by atoms with Crippen LogP contribution in [-0.4, -0.2) is 6.54 Å². The molecule has 57 valence electrons. The van der Waals surface area contributed by atoms with Crippen molar-refractivity contribution in [3.8, 4) is 0 Å². The van der Waals surface area contributed by atoms with Crippen molar-refractivity contribution in [1.82, 2.24) is 5.32 Å². The van der Waals surface area contributed by atoms with E-state index in [9.17, 15) is 4.39 Å². The molecule has 1 aliphatic rings. The van der Waals surface area contributed by atoms with Crippen LogP contribution in [0.2, 0.25) is 0 Å². The van der Waals surface area contributed by atoms with E-state index < -0.39 is 0 Å². The standard InChI is InChI=1S/C9H9FN/c10-8-4-3-7-2-1-5-11-9(7)6-8/h3-4,6H,1-2,5H2. The number of fused-ring (bicyclic) bond motifs is 1. The van der Waals surface area contributed by atoms with Crippen LogP contribution in [0.3, 0.4) is 0 Å². The maximum atomic E-state index is 12.6. The molecule has 0 N–H and O–H groups in total. The molecular weight excluding hydrogens is 141 g/mol. The van der Waals surface area contributed by atoms with Gasteiger partial charge in [-0.25, -0.2) is 4.39 Å². The van der Waals surface area contributed by atoms with Crippen LogP contribution < -0.4 is 5.32 Å². The van der Waals surface area contributed by atoms with E-state index in [1.54, 1.807) is 0 Å². The van der Waals surface area contributed by atoms with E-state index in [-0.39, 0.29) is 5.82 Å². The maximum absolute atomic E-state index is 12.6. The third-order valence-corrected chi connectivity index (χ3v) is 1.93. The van der Waals surface area contributed by atoms with Gasteiger partial charge in [-0.3, -0.25) is 5.32 Å². The van der Waals surface area contributed by atoms with Gasteiger partial charge in [-0.15, -0.1) is 0 Å². The number of benzene rings is 1. The Hall–Kier alpha value is -1.05. The van der Waals surface area contributed by atoms with Crippen LogP contribution in [0.4, 0.5) is 10.1 Å². The number of hydrogen-bond donors (Lipinski definition) is 0. The van der Waals surface area contributed by atoms with Crippen molar-refractivity contribution in [3.05, 3.63) is 29.6 Å². The Morgan fingerprint density at radius 1 is 1.36 bits per heavy atom. The molecule has 0 bridgehead atoms. The summed E-state index contributed by atoms with van der Waals surface area (Å²) < 4.78 is 12.6. The van der Waals surface area contributed by atoms with E-state index in [1.807, 2.05) is 6.07 Å². The molecular formula is C9H9FN. The minimum atomic E-state index is -0.186. The van der Waals surface area contributed by atoms with Gasteiger partial charge in [0.05, 0.1) is 5.69 Å². The third-order valence-electron chi connectivity index (χ3n) is 1.93. The van der Waals surface area contributed by atoms with Gasteiger partial charge in [0.1, 0.15) is 5.82 Å². The molecule has 0 fully saturated rings. The summed E-state index contributed by atoms with van der Waals surface area (Å²) in [5.74, 6) is -0.186. The van der Waals surface area contributed by atoms with Gasteiger partial charge in [0.15, 0.2) is 0 Å². The highest BCUT2D eigenvalue weighted by Crippen LogP contribution is 2.22. The number of aryl methyl sites for hydroxylation is 1. The van der Waals surface area contributed by atoms with E-state index >= 15 is 0 Å². The second-order valence-electron chi connectivity index (χ2n) is 2.76. The van der Waals surface area contributed by atoms with Crippen molar-refractivity contribution in [2.24, 2.45) is 0 Å². The monoisotopic (exact) mass is 150 g/mol. The van der Waals surface area contributed by atoms with Crippen molar-refractivity contribution in [2.45, 2.75) is 12.8 Å². The predicted molar refractivity (Wildman–Crippen MR) is 41.4 cm³/mol. The Morgan fingerprint density at radius 2 is 2.27 bits per heavy atom. The lowest BCUT2D eigenvalue weighted by atomic mass is 10.0. The molecule has 0 amide bonds. The van der Waals surface area contributed by atoms with Crippen LogP contribution in [-0.2, 0) is 6.42 Å². The zero-order chi connectivity index (χ0) is 7.68. The second kappa shape index (κ2) is 2.53. The average molecular weight is 150 g/mol. The molecule has 1 nitrogen and oxygen atoms in total. The highest BCUT2D eigenvalue weighted by Gasteiger charge is 2.09. The Bertz CT molecular complexity index is 270. The van der Waals surface area contributed by atoms with Crippen molar-refractivity contribution in [3.63, 3.8) is 0 Å². The molecule has 0 unspecified atom stereocenters. The Morgan fingerprint density at radius 3 is 3.18 bits per heavy atom. The SMILES string of the molecule is Fc1ccc2c(c1)[N]CCC2. The van der Waals surface area contributed by atoms with Gasteiger partial charge in [0.25, 0.3) is 0 Å². The van der Waals surface area contributed by atoms with Gasteiger partial charge in [0.2, 0.25) is 0 Å². The molecule has 0 saturated heterocycles. The summed E-state index contributed by atoms with van der Waals surface area (Å²) in [5.41, 5.74) is 2.02. The lowest BCUT2D eigenvalue weighted by Crippen LogP contribution is -2.10. The Balaban J connectivity index is 2.43. The van der Waals surface area contributed by atoms with Gasteiger partial charge >= 0.3 is 0 Å². The first-order chi connectivity index (χ1) is 5.36. The minimum Gasteiger partial charge on any atom is -0.285 e. The van der Waals surface area contributed by atoms with Gasteiger partial charge in [0, 0.05) is 6.54 Å². The summed E-state index contributed by atoms with van der Waals surface area (Å²) in [6.45, 7) is 0.844. The first-order valence-corrected chi connectivity index (χ1v) is 3.82. The quantitative estimate of drug-likeness (QED) is 0.537. The molecule has 1 aromatic carbocycles. The highest BCUT2D eigenvalue weighted by atomic mass is 19.1. The van der Waals surface area contributed by atoms with Gasteiger partial charge in [-0.1, -0.05) is 6.07 Å². The topological polar surface area (TPSA) is 14.1 Å². The van der Waals surface area contributed by atoms with E-state index in [2.05, 4.69) is 5.32 Å². The van der Waals surface area contributed by atoms with Gasteiger partial charge in [-0.2, -0.15) is 0 Å². The van der Waals surface area contributed by atoms with E-state index in [0.29, 0.717) is 0 Å². The Kier molecular flexibility index (Phi) is 1.53. The molecule has 1 aromatic rings. The lowest BCUT2D eigenvalue weighted by molar-refractivity contribution is 0.619. The van der Waals surface area contributed by atoms with Crippen LogP contribution in [0.25, 0.3) is 0 Å². The number of rotatable bonds is 0. The van der Waals surface area contributed by atoms with Crippen LogP contribution >= 0.6 is 0 Å². The molecule has 0 aliphatic carbocycles. The summed E-state index contributed by atoms with van der Waals surface area (Å²) in [6.07, 6.45) is 2.14. The predicted octanol–water partition coefficient (Wildman–Crippen LogP) is 2.01.